The first-order valence-electron chi connectivity index (χ1n) is 6.10. The van der Waals surface area contributed by atoms with Gasteiger partial charge in [-0.25, -0.2) is 9.97 Å². The van der Waals surface area contributed by atoms with Gasteiger partial charge in [0.2, 0.25) is 5.91 Å². The van der Waals surface area contributed by atoms with Gasteiger partial charge in [0.25, 0.3) is 0 Å². The van der Waals surface area contributed by atoms with Crippen molar-refractivity contribution < 1.29 is 9.53 Å². The number of aromatic nitrogens is 2. The van der Waals surface area contributed by atoms with Crippen LogP contribution in [0.3, 0.4) is 0 Å². The molecule has 1 amide bonds. The molecule has 0 fully saturated rings. The summed E-state index contributed by atoms with van der Waals surface area (Å²) >= 11 is 3.18. The summed E-state index contributed by atoms with van der Waals surface area (Å²) in [5, 5.41) is 2.65. The SMILES string of the molecule is Cc1cccc(OCCC(=O)Nc2cnc(Br)cn2)c1. The van der Waals surface area contributed by atoms with E-state index < -0.39 is 0 Å². The molecule has 0 saturated carbocycles. The first kappa shape index (κ1) is 14.5. The minimum absolute atomic E-state index is 0.158. The summed E-state index contributed by atoms with van der Waals surface area (Å²) in [6.07, 6.45) is 3.27. The second-order valence-electron chi connectivity index (χ2n) is 4.19. The Kier molecular flexibility index (Phi) is 5.06. The number of halogens is 1. The van der Waals surface area contributed by atoms with Crippen LogP contribution in [0.2, 0.25) is 0 Å². The van der Waals surface area contributed by atoms with Gasteiger partial charge in [0.05, 0.1) is 25.4 Å². The number of hydrogen-bond donors (Lipinski definition) is 1. The Morgan fingerprint density at radius 3 is 2.90 bits per heavy atom. The highest BCUT2D eigenvalue weighted by molar-refractivity contribution is 9.10. The molecule has 0 bridgehead atoms. The smallest absolute Gasteiger partial charge is 0.228 e. The summed E-state index contributed by atoms with van der Waals surface area (Å²) in [4.78, 5) is 19.7. The van der Waals surface area contributed by atoms with Crippen molar-refractivity contribution in [2.45, 2.75) is 13.3 Å². The van der Waals surface area contributed by atoms with Crippen molar-refractivity contribution in [3.05, 3.63) is 46.8 Å². The van der Waals surface area contributed by atoms with Crippen LogP contribution >= 0.6 is 15.9 Å². The zero-order chi connectivity index (χ0) is 14.4. The Morgan fingerprint density at radius 2 is 2.20 bits per heavy atom. The second kappa shape index (κ2) is 7.00. The molecule has 5 nitrogen and oxygen atoms in total. The molecule has 2 rings (SSSR count). The van der Waals surface area contributed by atoms with Crippen LogP contribution < -0.4 is 10.1 Å². The number of rotatable bonds is 5. The van der Waals surface area contributed by atoms with Crippen LogP contribution in [0.4, 0.5) is 5.82 Å². The first-order valence-corrected chi connectivity index (χ1v) is 6.89. The largest absolute Gasteiger partial charge is 0.493 e. The van der Waals surface area contributed by atoms with Crippen LogP contribution in [-0.2, 0) is 4.79 Å². The molecule has 0 aliphatic rings. The number of aryl methyl sites for hydroxylation is 1. The van der Waals surface area contributed by atoms with Gasteiger partial charge in [0.15, 0.2) is 5.82 Å². The standard InChI is InChI=1S/C14H14BrN3O2/c1-10-3-2-4-11(7-10)20-6-5-14(19)18-13-9-16-12(15)8-17-13/h2-4,7-9H,5-6H2,1H3,(H,17,18,19). The zero-order valence-corrected chi connectivity index (χ0v) is 12.6. The third kappa shape index (κ3) is 4.62. The third-order valence-electron chi connectivity index (χ3n) is 2.48. The number of benzene rings is 1. The lowest BCUT2D eigenvalue weighted by Gasteiger charge is -2.07. The van der Waals surface area contributed by atoms with Crippen LogP contribution in [0, 0.1) is 6.92 Å². The number of ether oxygens (including phenoxy) is 1. The van der Waals surface area contributed by atoms with Gasteiger partial charge in [-0.15, -0.1) is 0 Å². The Balaban J connectivity index is 1.76. The molecule has 0 aliphatic carbocycles. The molecule has 0 aliphatic heterocycles. The predicted molar refractivity (Wildman–Crippen MR) is 79.7 cm³/mol. The van der Waals surface area contributed by atoms with Crippen molar-refractivity contribution in [3.8, 4) is 5.75 Å². The van der Waals surface area contributed by atoms with Crippen molar-refractivity contribution in [3.63, 3.8) is 0 Å². The molecule has 0 atom stereocenters. The number of nitrogens with one attached hydrogen (secondary N) is 1. The van der Waals surface area contributed by atoms with E-state index in [9.17, 15) is 4.79 Å². The van der Waals surface area contributed by atoms with Crippen LogP contribution in [-0.4, -0.2) is 22.5 Å². The molecule has 104 valence electrons. The summed E-state index contributed by atoms with van der Waals surface area (Å²) < 4.78 is 6.13. The zero-order valence-electron chi connectivity index (χ0n) is 11.0. The van der Waals surface area contributed by atoms with Crippen LogP contribution in [0.1, 0.15) is 12.0 Å². The molecule has 0 saturated heterocycles. The highest BCUT2D eigenvalue weighted by Crippen LogP contribution is 2.12. The predicted octanol–water partition coefficient (Wildman–Crippen LogP) is 2.96. The minimum atomic E-state index is -0.158. The van der Waals surface area contributed by atoms with Crippen LogP contribution in [0.5, 0.6) is 5.75 Å². The Hall–Kier alpha value is -1.95. The molecule has 0 radical (unpaired) electrons. The molecular weight excluding hydrogens is 322 g/mol. The summed E-state index contributed by atoms with van der Waals surface area (Å²) in [5.41, 5.74) is 1.12. The maximum atomic E-state index is 11.7. The topological polar surface area (TPSA) is 64.1 Å². The molecular formula is C14H14BrN3O2. The highest BCUT2D eigenvalue weighted by Gasteiger charge is 2.04. The summed E-state index contributed by atoms with van der Waals surface area (Å²) in [7, 11) is 0. The highest BCUT2D eigenvalue weighted by atomic mass is 79.9. The molecule has 2 aromatic rings. The number of nitrogens with zero attached hydrogens (tertiary/aromatic N) is 2. The quantitative estimate of drug-likeness (QED) is 0.912. The minimum Gasteiger partial charge on any atom is -0.493 e. The van der Waals surface area contributed by atoms with Gasteiger partial charge in [-0.3, -0.25) is 4.79 Å². The van der Waals surface area contributed by atoms with Crippen LogP contribution in [0.15, 0.2) is 41.3 Å². The molecule has 0 unspecified atom stereocenters. The molecule has 1 heterocycles. The Labute approximate surface area is 125 Å². The van der Waals surface area contributed by atoms with Crippen molar-refractivity contribution in [1.29, 1.82) is 0 Å². The fourth-order valence-electron chi connectivity index (χ4n) is 1.55. The molecule has 0 spiro atoms. The normalized spacial score (nSPS) is 10.1. The van der Waals surface area contributed by atoms with E-state index >= 15 is 0 Å². The number of carbonyl (C=O) groups excluding carboxylic acids is 1. The van der Waals surface area contributed by atoms with E-state index in [2.05, 4.69) is 31.2 Å². The van der Waals surface area contributed by atoms with E-state index in [0.717, 1.165) is 11.3 Å². The fraction of sp³-hybridized carbons (Fsp3) is 0.214. The van der Waals surface area contributed by atoms with E-state index in [-0.39, 0.29) is 12.3 Å². The lowest BCUT2D eigenvalue weighted by Crippen LogP contribution is -2.16. The molecule has 1 N–H and O–H groups in total. The van der Waals surface area contributed by atoms with Gasteiger partial charge >= 0.3 is 0 Å². The first-order chi connectivity index (χ1) is 9.63. The number of amides is 1. The summed E-state index contributed by atoms with van der Waals surface area (Å²) in [6.45, 7) is 2.31. The van der Waals surface area contributed by atoms with Gasteiger partial charge in [0, 0.05) is 0 Å². The van der Waals surface area contributed by atoms with Gasteiger partial charge in [-0.05, 0) is 40.5 Å². The van der Waals surface area contributed by atoms with Gasteiger partial charge in [-0.2, -0.15) is 0 Å². The molecule has 6 heteroatoms. The summed E-state index contributed by atoms with van der Waals surface area (Å²) in [5.74, 6) is 1.03. The van der Waals surface area contributed by atoms with E-state index in [0.29, 0.717) is 17.0 Å². The molecule has 1 aromatic heterocycles. The average Bonchev–Trinajstić information content (AvgIpc) is 2.41. The number of anilines is 1. The van der Waals surface area contributed by atoms with Crippen molar-refractivity contribution in [2.24, 2.45) is 0 Å². The monoisotopic (exact) mass is 335 g/mol. The fourth-order valence-corrected chi connectivity index (χ4v) is 1.75. The molecule has 1 aromatic carbocycles. The average molecular weight is 336 g/mol. The lowest BCUT2D eigenvalue weighted by atomic mass is 10.2. The van der Waals surface area contributed by atoms with E-state index in [1.807, 2.05) is 31.2 Å². The lowest BCUT2D eigenvalue weighted by molar-refractivity contribution is -0.116. The Morgan fingerprint density at radius 1 is 1.35 bits per heavy atom. The van der Waals surface area contributed by atoms with Gasteiger partial charge in [-0.1, -0.05) is 12.1 Å². The molecule has 20 heavy (non-hydrogen) atoms. The van der Waals surface area contributed by atoms with E-state index in [1.165, 1.54) is 12.4 Å². The maximum Gasteiger partial charge on any atom is 0.228 e. The Bertz CT molecular complexity index is 587. The van der Waals surface area contributed by atoms with E-state index in [1.54, 1.807) is 0 Å². The maximum absolute atomic E-state index is 11.7. The van der Waals surface area contributed by atoms with Crippen molar-refractivity contribution in [2.75, 3.05) is 11.9 Å². The van der Waals surface area contributed by atoms with E-state index in [4.69, 9.17) is 4.74 Å². The van der Waals surface area contributed by atoms with Gasteiger partial charge < -0.3 is 10.1 Å². The van der Waals surface area contributed by atoms with Crippen LogP contribution in [0.25, 0.3) is 0 Å². The van der Waals surface area contributed by atoms with Crippen molar-refractivity contribution in [1.82, 2.24) is 9.97 Å². The number of carbonyl (C=O) groups is 1. The van der Waals surface area contributed by atoms with Crippen molar-refractivity contribution >= 4 is 27.7 Å². The summed E-state index contributed by atoms with van der Waals surface area (Å²) in [6, 6.07) is 7.71. The van der Waals surface area contributed by atoms with Gasteiger partial charge in [0.1, 0.15) is 10.4 Å². The number of hydrogen-bond acceptors (Lipinski definition) is 4. The third-order valence-corrected chi connectivity index (χ3v) is 2.88. The second-order valence-corrected chi connectivity index (χ2v) is 5.00.